The van der Waals surface area contributed by atoms with E-state index in [1.165, 1.54) is 12.8 Å². The van der Waals surface area contributed by atoms with Gasteiger partial charge < -0.3 is 10.2 Å². The first-order valence-corrected chi connectivity index (χ1v) is 7.62. The van der Waals surface area contributed by atoms with Gasteiger partial charge in [-0.1, -0.05) is 6.07 Å². The molecule has 21 heavy (non-hydrogen) atoms. The number of pyridine rings is 1. The summed E-state index contributed by atoms with van der Waals surface area (Å²) in [5.41, 5.74) is 0.838. The molecular weight excluding hydrogens is 266 g/mol. The van der Waals surface area contributed by atoms with Gasteiger partial charge in [0, 0.05) is 25.7 Å². The van der Waals surface area contributed by atoms with Crippen LogP contribution in [0.4, 0.5) is 0 Å². The number of hydrogen-bond donors (Lipinski definition) is 1. The summed E-state index contributed by atoms with van der Waals surface area (Å²) in [7, 11) is 0. The van der Waals surface area contributed by atoms with Gasteiger partial charge in [0.1, 0.15) is 0 Å². The van der Waals surface area contributed by atoms with Crippen molar-refractivity contribution in [1.82, 2.24) is 15.2 Å². The largest absolute Gasteiger partial charge is 0.348 e. The minimum Gasteiger partial charge on any atom is -0.348 e. The van der Waals surface area contributed by atoms with E-state index in [1.54, 1.807) is 6.20 Å². The molecule has 1 N–H and O–H groups in total. The van der Waals surface area contributed by atoms with Crippen molar-refractivity contribution in [3.8, 4) is 0 Å². The Bertz CT molecular complexity index is 528. The maximum absolute atomic E-state index is 12.3. The molecule has 5 heteroatoms. The standard InChI is InChI=1S/C16H21N3O2/c1-11(14-4-2-3-7-17-14)18-16(21)13-8-15(20)19(10-13)9-12-5-6-12/h2-4,7,11-13H,5-6,8-10H2,1H3,(H,18,21)/t11-,13+/m1/s1. The molecule has 1 aromatic rings. The topological polar surface area (TPSA) is 62.3 Å². The molecule has 2 aliphatic rings. The molecule has 2 fully saturated rings. The number of carbonyl (C=O) groups is 2. The second-order valence-electron chi connectivity index (χ2n) is 6.13. The van der Waals surface area contributed by atoms with Gasteiger partial charge in [0.15, 0.2) is 0 Å². The smallest absolute Gasteiger partial charge is 0.225 e. The summed E-state index contributed by atoms with van der Waals surface area (Å²) in [4.78, 5) is 30.3. The zero-order chi connectivity index (χ0) is 14.8. The predicted octanol–water partition coefficient (Wildman–Crippen LogP) is 1.52. The van der Waals surface area contributed by atoms with Crippen LogP contribution in [-0.2, 0) is 9.59 Å². The van der Waals surface area contributed by atoms with Crippen LogP contribution in [0.5, 0.6) is 0 Å². The van der Waals surface area contributed by atoms with Gasteiger partial charge in [0.2, 0.25) is 11.8 Å². The molecule has 2 amide bonds. The lowest BCUT2D eigenvalue weighted by molar-refractivity contribution is -0.129. The predicted molar refractivity (Wildman–Crippen MR) is 78.2 cm³/mol. The molecule has 1 saturated heterocycles. The summed E-state index contributed by atoms with van der Waals surface area (Å²) < 4.78 is 0. The van der Waals surface area contributed by atoms with Crippen molar-refractivity contribution in [2.45, 2.75) is 32.2 Å². The second kappa shape index (κ2) is 5.84. The van der Waals surface area contributed by atoms with Gasteiger partial charge in [-0.2, -0.15) is 0 Å². The van der Waals surface area contributed by atoms with Crippen molar-refractivity contribution in [3.63, 3.8) is 0 Å². The Morgan fingerprint density at radius 1 is 1.48 bits per heavy atom. The average Bonchev–Trinajstić information content (AvgIpc) is 3.23. The number of amides is 2. The molecule has 0 spiro atoms. The number of hydrogen-bond acceptors (Lipinski definition) is 3. The first-order valence-electron chi connectivity index (χ1n) is 7.62. The lowest BCUT2D eigenvalue weighted by atomic mass is 10.1. The fourth-order valence-electron chi connectivity index (χ4n) is 2.77. The van der Waals surface area contributed by atoms with Gasteiger partial charge in [0.05, 0.1) is 17.7 Å². The molecule has 0 bridgehead atoms. The summed E-state index contributed by atoms with van der Waals surface area (Å²) in [6.07, 6.45) is 4.50. The van der Waals surface area contributed by atoms with Crippen LogP contribution in [0.15, 0.2) is 24.4 Å². The van der Waals surface area contributed by atoms with Crippen LogP contribution in [-0.4, -0.2) is 34.8 Å². The SMILES string of the molecule is C[C@@H](NC(=O)[C@H]1CC(=O)N(CC2CC2)C1)c1ccccn1. The molecule has 5 nitrogen and oxygen atoms in total. The number of carbonyl (C=O) groups excluding carboxylic acids is 2. The molecule has 2 heterocycles. The van der Waals surface area contributed by atoms with Crippen LogP contribution < -0.4 is 5.32 Å². The van der Waals surface area contributed by atoms with Crippen LogP contribution in [0, 0.1) is 11.8 Å². The molecular formula is C16H21N3O2. The molecule has 3 rings (SSSR count). The maximum Gasteiger partial charge on any atom is 0.225 e. The third-order valence-corrected chi connectivity index (χ3v) is 4.25. The molecule has 0 radical (unpaired) electrons. The highest BCUT2D eigenvalue weighted by atomic mass is 16.2. The van der Waals surface area contributed by atoms with E-state index in [0.29, 0.717) is 18.9 Å². The Kier molecular flexibility index (Phi) is 3.90. The van der Waals surface area contributed by atoms with E-state index < -0.39 is 0 Å². The minimum atomic E-state index is -0.220. The Labute approximate surface area is 124 Å². The van der Waals surface area contributed by atoms with Gasteiger partial charge in [-0.25, -0.2) is 0 Å². The number of nitrogens with zero attached hydrogens (tertiary/aromatic N) is 2. The van der Waals surface area contributed by atoms with Crippen molar-refractivity contribution in [3.05, 3.63) is 30.1 Å². The highest BCUT2D eigenvalue weighted by molar-refractivity contribution is 5.89. The Morgan fingerprint density at radius 3 is 2.95 bits per heavy atom. The minimum absolute atomic E-state index is 0.0419. The van der Waals surface area contributed by atoms with E-state index in [2.05, 4.69) is 10.3 Å². The second-order valence-corrected chi connectivity index (χ2v) is 6.13. The normalized spacial score (nSPS) is 23.2. The van der Waals surface area contributed by atoms with Gasteiger partial charge in [-0.15, -0.1) is 0 Å². The van der Waals surface area contributed by atoms with Crippen LogP contribution in [0.25, 0.3) is 0 Å². The Balaban J connectivity index is 1.54. The van der Waals surface area contributed by atoms with Crippen molar-refractivity contribution in [2.75, 3.05) is 13.1 Å². The summed E-state index contributed by atoms with van der Waals surface area (Å²) in [5, 5.41) is 2.97. The molecule has 112 valence electrons. The third kappa shape index (κ3) is 3.40. The van der Waals surface area contributed by atoms with E-state index in [9.17, 15) is 9.59 Å². The third-order valence-electron chi connectivity index (χ3n) is 4.25. The summed E-state index contributed by atoms with van der Waals surface area (Å²) >= 11 is 0. The van der Waals surface area contributed by atoms with Crippen LogP contribution in [0.3, 0.4) is 0 Å². The number of aromatic nitrogens is 1. The van der Waals surface area contributed by atoms with Crippen LogP contribution in [0.1, 0.15) is 37.9 Å². The first kappa shape index (κ1) is 14.0. The van der Waals surface area contributed by atoms with Crippen molar-refractivity contribution in [2.24, 2.45) is 11.8 Å². The van der Waals surface area contributed by atoms with Crippen LogP contribution >= 0.6 is 0 Å². The Morgan fingerprint density at radius 2 is 2.29 bits per heavy atom. The molecule has 1 aliphatic heterocycles. The van der Waals surface area contributed by atoms with E-state index >= 15 is 0 Å². The van der Waals surface area contributed by atoms with Gasteiger partial charge in [-0.3, -0.25) is 14.6 Å². The van der Waals surface area contributed by atoms with Crippen molar-refractivity contribution < 1.29 is 9.59 Å². The van der Waals surface area contributed by atoms with E-state index in [0.717, 1.165) is 12.2 Å². The monoisotopic (exact) mass is 287 g/mol. The van der Waals surface area contributed by atoms with E-state index in [-0.39, 0.29) is 23.8 Å². The van der Waals surface area contributed by atoms with Crippen molar-refractivity contribution in [1.29, 1.82) is 0 Å². The molecule has 1 aromatic heterocycles. The van der Waals surface area contributed by atoms with Gasteiger partial charge in [-0.05, 0) is 37.8 Å². The highest BCUT2D eigenvalue weighted by Gasteiger charge is 2.37. The zero-order valence-corrected chi connectivity index (χ0v) is 12.3. The van der Waals surface area contributed by atoms with Gasteiger partial charge in [0.25, 0.3) is 0 Å². The number of rotatable bonds is 5. The maximum atomic E-state index is 12.3. The molecule has 0 aromatic carbocycles. The van der Waals surface area contributed by atoms with Crippen LogP contribution in [0.2, 0.25) is 0 Å². The summed E-state index contributed by atoms with van der Waals surface area (Å²) in [5.74, 6) is 0.526. The summed E-state index contributed by atoms with van der Waals surface area (Å²) in [6.45, 7) is 3.31. The quantitative estimate of drug-likeness (QED) is 0.893. The van der Waals surface area contributed by atoms with Crippen molar-refractivity contribution >= 4 is 11.8 Å². The number of likely N-dealkylation sites (tertiary alicyclic amines) is 1. The van der Waals surface area contributed by atoms with Gasteiger partial charge >= 0.3 is 0 Å². The molecule has 2 atom stereocenters. The van der Waals surface area contributed by atoms with E-state index in [1.807, 2.05) is 30.0 Å². The Hall–Kier alpha value is -1.91. The lowest BCUT2D eigenvalue weighted by Crippen LogP contribution is -2.35. The molecule has 0 unspecified atom stereocenters. The summed E-state index contributed by atoms with van der Waals surface area (Å²) in [6, 6.07) is 5.51. The highest BCUT2D eigenvalue weighted by Crippen LogP contribution is 2.32. The average molecular weight is 287 g/mol. The first-order chi connectivity index (χ1) is 10.1. The fraction of sp³-hybridized carbons (Fsp3) is 0.562. The fourth-order valence-corrected chi connectivity index (χ4v) is 2.77. The van der Waals surface area contributed by atoms with E-state index in [4.69, 9.17) is 0 Å². The molecule has 1 saturated carbocycles. The number of nitrogens with one attached hydrogen (secondary N) is 1. The lowest BCUT2D eigenvalue weighted by Gasteiger charge is -2.18. The zero-order valence-electron chi connectivity index (χ0n) is 12.3. The molecule has 1 aliphatic carbocycles.